The fourth-order valence-corrected chi connectivity index (χ4v) is 2.80. The molecule has 22 heavy (non-hydrogen) atoms. The zero-order valence-corrected chi connectivity index (χ0v) is 12.3. The summed E-state index contributed by atoms with van der Waals surface area (Å²) in [5, 5.41) is 4.56. The van der Waals surface area contributed by atoms with E-state index in [4.69, 9.17) is 4.74 Å². The molecule has 0 radical (unpaired) electrons. The van der Waals surface area contributed by atoms with E-state index in [1.165, 1.54) is 40.5 Å². The Morgan fingerprint density at radius 3 is 2.82 bits per heavy atom. The molecule has 1 atom stereocenters. The van der Waals surface area contributed by atoms with E-state index in [2.05, 4.69) is 5.32 Å². The molecule has 2 heterocycles. The van der Waals surface area contributed by atoms with Gasteiger partial charge in [0.05, 0.1) is 18.0 Å². The quantitative estimate of drug-likeness (QED) is 0.942. The summed E-state index contributed by atoms with van der Waals surface area (Å²) >= 11 is 1.35. The van der Waals surface area contributed by atoms with Crippen LogP contribution in [0.25, 0.3) is 0 Å². The van der Waals surface area contributed by atoms with E-state index in [0.717, 1.165) is 0 Å². The first-order valence-electron chi connectivity index (χ1n) is 6.69. The molecule has 1 aromatic carbocycles. The van der Waals surface area contributed by atoms with Gasteiger partial charge in [0.25, 0.3) is 5.91 Å². The van der Waals surface area contributed by atoms with E-state index in [0.29, 0.717) is 17.1 Å². The Balaban J connectivity index is 1.58. The summed E-state index contributed by atoms with van der Waals surface area (Å²) in [6.45, 7) is 0.551. The van der Waals surface area contributed by atoms with E-state index in [1.807, 2.05) is 5.38 Å². The van der Waals surface area contributed by atoms with Gasteiger partial charge in [-0.05, 0) is 35.7 Å². The Morgan fingerprint density at radius 1 is 1.36 bits per heavy atom. The molecule has 0 bridgehead atoms. The van der Waals surface area contributed by atoms with Crippen molar-refractivity contribution in [1.82, 2.24) is 5.32 Å². The van der Waals surface area contributed by atoms with Crippen molar-refractivity contribution >= 4 is 29.0 Å². The van der Waals surface area contributed by atoms with Gasteiger partial charge in [0.2, 0.25) is 0 Å². The third-order valence-electron chi connectivity index (χ3n) is 3.25. The third-order valence-corrected chi connectivity index (χ3v) is 4.12. The van der Waals surface area contributed by atoms with Gasteiger partial charge >= 0.3 is 6.09 Å². The van der Waals surface area contributed by atoms with Crippen LogP contribution in [0.4, 0.5) is 14.9 Å². The fourth-order valence-electron chi connectivity index (χ4n) is 2.16. The first-order chi connectivity index (χ1) is 10.6. The Kier molecular flexibility index (Phi) is 4.06. The van der Waals surface area contributed by atoms with Crippen molar-refractivity contribution in [1.29, 1.82) is 0 Å². The Hall–Kier alpha value is -2.41. The summed E-state index contributed by atoms with van der Waals surface area (Å²) < 4.78 is 18.1. The maximum atomic E-state index is 12.9. The molecule has 3 rings (SSSR count). The number of carbonyl (C=O) groups is 2. The minimum Gasteiger partial charge on any atom is -0.442 e. The lowest BCUT2D eigenvalue weighted by Gasteiger charge is -2.12. The molecule has 1 aliphatic heterocycles. The molecule has 0 aliphatic carbocycles. The second kappa shape index (κ2) is 6.15. The van der Waals surface area contributed by atoms with Gasteiger partial charge in [0.1, 0.15) is 11.9 Å². The van der Waals surface area contributed by atoms with E-state index < -0.39 is 12.2 Å². The summed E-state index contributed by atoms with van der Waals surface area (Å²) in [5.41, 5.74) is 0.568. The Labute approximate surface area is 130 Å². The van der Waals surface area contributed by atoms with Gasteiger partial charge in [-0.15, -0.1) is 11.3 Å². The van der Waals surface area contributed by atoms with Crippen LogP contribution >= 0.6 is 11.3 Å². The number of benzene rings is 1. The number of rotatable bonds is 4. The van der Waals surface area contributed by atoms with Crippen LogP contribution in [0.3, 0.4) is 0 Å². The van der Waals surface area contributed by atoms with Crippen molar-refractivity contribution in [2.24, 2.45) is 0 Å². The van der Waals surface area contributed by atoms with Gasteiger partial charge in [-0.1, -0.05) is 6.07 Å². The molecule has 2 aromatic rings. The number of thiophene rings is 1. The van der Waals surface area contributed by atoms with Gasteiger partial charge in [-0.2, -0.15) is 0 Å². The van der Waals surface area contributed by atoms with Crippen LogP contribution in [0, 0.1) is 5.82 Å². The maximum absolute atomic E-state index is 12.9. The highest BCUT2D eigenvalue weighted by molar-refractivity contribution is 7.12. The van der Waals surface area contributed by atoms with Gasteiger partial charge in [0, 0.05) is 5.69 Å². The van der Waals surface area contributed by atoms with Crippen molar-refractivity contribution in [3.05, 3.63) is 52.5 Å². The van der Waals surface area contributed by atoms with E-state index in [-0.39, 0.29) is 18.3 Å². The lowest BCUT2D eigenvalue weighted by molar-refractivity contribution is 0.0920. The van der Waals surface area contributed by atoms with Crippen LogP contribution in [-0.2, 0) is 4.74 Å². The zero-order chi connectivity index (χ0) is 15.5. The van der Waals surface area contributed by atoms with Crippen LogP contribution < -0.4 is 10.2 Å². The van der Waals surface area contributed by atoms with Crippen molar-refractivity contribution in [3.63, 3.8) is 0 Å². The monoisotopic (exact) mass is 320 g/mol. The van der Waals surface area contributed by atoms with E-state index in [9.17, 15) is 14.0 Å². The van der Waals surface area contributed by atoms with Crippen LogP contribution in [0.15, 0.2) is 41.8 Å². The molecule has 0 spiro atoms. The van der Waals surface area contributed by atoms with E-state index in [1.54, 1.807) is 12.1 Å². The number of carbonyl (C=O) groups excluding carboxylic acids is 2. The molecule has 1 unspecified atom stereocenters. The normalized spacial score (nSPS) is 17.4. The molecule has 1 N–H and O–H groups in total. The fraction of sp³-hybridized carbons (Fsp3) is 0.200. The molecule has 114 valence electrons. The molecule has 1 saturated heterocycles. The average molecular weight is 320 g/mol. The number of hydrogen-bond acceptors (Lipinski definition) is 4. The smallest absolute Gasteiger partial charge is 0.414 e. The SMILES string of the molecule is O=C(NCC1CN(c2ccc(F)cc2)C(=O)O1)c1cccs1. The van der Waals surface area contributed by atoms with Crippen LogP contribution in [0.5, 0.6) is 0 Å². The molecule has 7 heteroatoms. The molecule has 1 fully saturated rings. The van der Waals surface area contributed by atoms with Crippen molar-refractivity contribution in [2.45, 2.75) is 6.10 Å². The number of anilines is 1. The number of nitrogens with zero attached hydrogens (tertiary/aromatic N) is 1. The highest BCUT2D eigenvalue weighted by atomic mass is 32.1. The zero-order valence-electron chi connectivity index (χ0n) is 11.5. The van der Waals surface area contributed by atoms with Gasteiger partial charge in [0.15, 0.2) is 0 Å². The maximum Gasteiger partial charge on any atom is 0.414 e. The summed E-state index contributed by atoms with van der Waals surface area (Å²) in [6, 6.07) is 9.13. The molecular weight excluding hydrogens is 307 g/mol. The highest BCUT2D eigenvalue weighted by Gasteiger charge is 2.32. The van der Waals surface area contributed by atoms with Gasteiger partial charge in [-0.25, -0.2) is 9.18 Å². The second-order valence-corrected chi connectivity index (χ2v) is 5.73. The number of cyclic esters (lactones) is 1. The molecule has 5 nitrogen and oxygen atoms in total. The standard InChI is InChI=1S/C15H13FN2O3S/c16-10-3-5-11(6-4-10)18-9-12(21-15(18)20)8-17-14(19)13-2-1-7-22-13/h1-7,12H,8-9H2,(H,17,19). The number of nitrogens with one attached hydrogen (secondary N) is 1. The van der Waals surface area contributed by atoms with Gasteiger partial charge in [-0.3, -0.25) is 9.69 Å². The number of hydrogen-bond donors (Lipinski definition) is 1. The van der Waals surface area contributed by atoms with E-state index >= 15 is 0 Å². The lowest BCUT2D eigenvalue weighted by atomic mass is 10.2. The Morgan fingerprint density at radius 2 is 2.14 bits per heavy atom. The van der Waals surface area contributed by atoms with Crippen LogP contribution in [-0.4, -0.2) is 31.2 Å². The summed E-state index contributed by atoms with van der Waals surface area (Å²) in [5.74, 6) is -0.553. The van der Waals surface area contributed by atoms with Crippen molar-refractivity contribution < 1.29 is 18.7 Å². The van der Waals surface area contributed by atoms with Crippen LogP contribution in [0.2, 0.25) is 0 Å². The third kappa shape index (κ3) is 3.09. The predicted molar refractivity (Wildman–Crippen MR) is 80.7 cm³/mol. The summed E-state index contributed by atoms with van der Waals surface area (Å²) in [6.07, 6.45) is -0.927. The van der Waals surface area contributed by atoms with Gasteiger partial charge < -0.3 is 10.1 Å². The van der Waals surface area contributed by atoms with Crippen molar-refractivity contribution in [2.75, 3.05) is 18.0 Å². The first-order valence-corrected chi connectivity index (χ1v) is 7.57. The highest BCUT2D eigenvalue weighted by Crippen LogP contribution is 2.21. The molecule has 2 amide bonds. The predicted octanol–water partition coefficient (Wildman–Crippen LogP) is 2.64. The minimum atomic E-state index is -0.498. The Bertz CT molecular complexity index is 673. The number of ether oxygens (including phenoxy) is 1. The summed E-state index contributed by atoms with van der Waals surface area (Å²) in [7, 11) is 0. The number of amides is 2. The molecule has 1 aliphatic rings. The molecule has 1 aromatic heterocycles. The number of halogens is 1. The second-order valence-electron chi connectivity index (χ2n) is 4.78. The summed E-state index contributed by atoms with van der Waals surface area (Å²) in [4.78, 5) is 25.7. The molecular formula is C15H13FN2O3S. The largest absolute Gasteiger partial charge is 0.442 e. The molecule has 0 saturated carbocycles. The lowest BCUT2D eigenvalue weighted by Crippen LogP contribution is -2.34. The van der Waals surface area contributed by atoms with Crippen molar-refractivity contribution in [3.8, 4) is 0 Å². The minimum absolute atomic E-state index is 0.189. The van der Waals surface area contributed by atoms with Crippen LogP contribution in [0.1, 0.15) is 9.67 Å². The topological polar surface area (TPSA) is 58.6 Å². The average Bonchev–Trinajstić information content (AvgIpc) is 3.15. The first kappa shape index (κ1) is 14.5.